The fourth-order valence-corrected chi connectivity index (χ4v) is 1.44. The van der Waals surface area contributed by atoms with Crippen LogP contribution in [-0.2, 0) is 11.2 Å². The van der Waals surface area contributed by atoms with Gasteiger partial charge in [-0.25, -0.2) is 0 Å². The molecule has 1 aromatic rings. The first kappa shape index (κ1) is 10.9. The molecular weight excluding hydrogens is 202 g/mol. The van der Waals surface area contributed by atoms with Crippen molar-refractivity contribution in [1.82, 2.24) is 0 Å². The standard InChI is InChI=1S/C10H12ClNO2/c1-6(10(13)14)5-7-8(11)3-2-4-9(7)12/h2-4,6H,5,12H2,1H3,(H,13,14). The lowest BCUT2D eigenvalue weighted by atomic mass is 10.00. The fraction of sp³-hybridized carbons (Fsp3) is 0.300. The molecule has 1 rings (SSSR count). The van der Waals surface area contributed by atoms with Gasteiger partial charge >= 0.3 is 5.97 Å². The maximum Gasteiger partial charge on any atom is 0.306 e. The first-order valence-corrected chi connectivity index (χ1v) is 4.66. The van der Waals surface area contributed by atoms with E-state index in [1.165, 1.54) is 0 Å². The third-order valence-corrected chi connectivity index (χ3v) is 2.44. The highest BCUT2D eigenvalue weighted by Crippen LogP contribution is 2.24. The van der Waals surface area contributed by atoms with Gasteiger partial charge in [0.15, 0.2) is 0 Å². The van der Waals surface area contributed by atoms with Crippen LogP contribution in [0.25, 0.3) is 0 Å². The zero-order chi connectivity index (χ0) is 10.7. The molecule has 0 spiro atoms. The largest absolute Gasteiger partial charge is 0.481 e. The van der Waals surface area contributed by atoms with Crippen LogP contribution in [0.4, 0.5) is 5.69 Å². The number of halogens is 1. The van der Waals surface area contributed by atoms with E-state index in [0.29, 0.717) is 22.7 Å². The molecule has 1 unspecified atom stereocenters. The number of aliphatic carboxylic acids is 1. The summed E-state index contributed by atoms with van der Waals surface area (Å²) in [6.45, 7) is 1.63. The van der Waals surface area contributed by atoms with E-state index in [1.54, 1.807) is 25.1 Å². The van der Waals surface area contributed by atoms with E-state index in [-0.39, 0.29) is 0 Å². The summed E-state index contributed by atoms with van der Waals surface area (Å²) in [5.74, 6) is -1.32. The highest BCUT2D eigenvalue weighted by molar-refractivity contribution is 6.31. The first-order chi connectivity index (χ1) is 6.52. The van der Waals surface area contributed by atoms with Gasteiger partial charge in [0.2, 0.25) is 0 Å². The van der Waals surface area contributed by atoms with Crippen LogP contribution in [0, 0.1) is 5.92 Å². The third kappa shape index (κ3) is 2.39. The van der Waals surface area contributed by atoms with Crippen molar-refractivity contribution in [3.63, 3.8) is 0 Å². The monoisotopic (exact) mass is 213 g/mol. The predicted octanol–water partition coefficient (Wildman–Crippen LogP) is 2.19. The van der Waals surface area contributed by atoms with Crippen LogP contribution in [0.2, 0.25) is 5.02 Å². The van der Waals surface area contributed by atoms with E-state index < -0.39 is 11.9 Å². The van der Waals surface area contributed by atoms with Crippen LogP contribution < -0.4 is 5.73 Å². The molecule has 4 heteroatoms. The highest BCUT2D eigenvalue weighted by Gasteiger charge is 2.15. The zero-order valence-electron chi connectivity index (χ0n) is 7.83. The number of carboxylic acids is 1. The van der Waals surface area contributed by atoms with Crippen LogP contribution in [0.5, 0.6) is 0 Å². The number of nitrogens with two attached hydrogens (primary N) is 1. The molecule has 1 atom stereocenters. The van der Waals surface area contributed by atoms with Gasteiger partial charge in [0, 0.05) is 10.7 Å². The Morgan fingerprint density at radius 2 is 2.29 bits per heavy atom. The summed E-state index contributed by atoms with van der Waals surface area (Å²) in [6.07, 6.45) is 0.362. The van der Waals surface area contributed by atoms with Crippen molar-refractivity contribution < 1.29 is 9.90 Å². The average Bonchev–Trinajstić information content (AvgIpc) is 2.11. The molecule has 0 aliphatic carbocycles. The second-order valence-corrected chi connectivity index (χ2v) is 3.66. The van der Waals surface area contributed by atoms with Gasteiger partial charge in [-0.15, -0.1) is 0 Å². The quantitative estimate of drug-likeness (QED) is 0.757. The summed E-state index contributed by atoms with van der Waals surface area (Å²) in [6, 6.07) is 5.17. The van der Waals surface area contributed by atoms with Crippen LogP contribution >= 0.6 is 11.6 Å². The maximum atomic E-state index is 10.6. The summed E-state index contributed by atoms with van der Waals surface area (Å²) in [5, 5.41) is 9.27. The topological polar surface area (TPSA) is 63.3 Å². The number of carboxylic acid groups (broad SMARTS) is 1. The van der Waals surface area contributed by atoms with E-state index >= 15 is 0 Å². The Hall–Kier alpha value is -1.22. The van der Waals surface area contributed by atoms with Crippen LogP contribution in [0.15, 0.2) is 18.2 Å². The molecule has 1 aromatic carbocycles. The second kappa shape index (κ2) is 4.33. The molecule has 0 bridgehead atoms. The van der Waals surface area contributed by atoms with Crippen LogP contribution in [0.1, 0.15) is 12.5 Å². The van der Waals surface area contributed by atoms with E-state index in [0.717, 1.165) is 0 Å². The average molecular weight is 214 g/mol. The van der Waals surface area contributed by atoms with E-state index in [4.69, 9.17) is 22.4 Å². The summed E-state index contributed by atoms with van der Waals surface area (Å²) < 4.78 is 0. The lowest BCUT2D eigenvalue weighted by Gasteiger charge is -2.10. The predicted molar refractivity (Wildman–Crippen MR) is 56.4 cm³/mol. The molecule has 0 radical (unpaired) electrons. The minimum absolute atomic E-state index is 0.362. The number of nitrogen functional groups attached to an aromatic ring is 1. The molecule has 0 heterocycles. The first-order valence-electron chi connectivity index (χ1n) is 4.28. The minimum Gasteiger partial charge on any atom is -0.481 e. The fourth-order valence-electron chi connectivity index (χ4n) is 1.18. The Bertz CT molecular complexity index is 332. The van der Waals surface area contributed by atoms with Crippen LogP contribution in [0.3, 0.4) is 0 Å². The lowest BCUT2D eigenvalue weighted by Crippen LogP contribution is -2.13. The number of hydrogen-bond donors (Lipinski definition) is 2. The molecule has 3 nitrogen and oxygen atoms in total. The molecule has 0 amide bonds. The van der Waals surface area contributed by atoms with Crippen molar-refractivity contribution >= 4 is 23.3 Å². The molecule has 14 heavy (non-hydrogen) atoms. The van der Waals surface area contributed by atoms with Gasteiger partial charge in [-0.05, 0) is 24.1 Å². The molecule has 76 valence electrons. The van der Waals surface area contributed by atoms with Crippen molar-refractivity contribution in [1.29, 1.82) is 0 Å². The van der Waals surface area contributed by atoms with Crippen molar-refractivity contribution in [3.05, 3.63) is 28.8 Å². The third-order valence-electron chi connectivity index (χ3n) is 2.09. The van der Waals surface area contributed by atoms with Gasteiger partial charge in [-0.2, -0.15) is 0 Å². The zero-order valence-corrected chi connectivity index (χ0v) is 8.58. The summed E-state index contributed by atoms with van der Waals surface area (Å²) in [7, 11) is 0. The van der Waals surface area contributed by atoms with Crippen LogP contribution in [-0.4, -0.2) is 11.1 Å². The number of rotatable bonds is 3. The SMILES string of the molecule is CC(Cc1c(N)cccc1Cl)C(=O)O. The summed E-state index contributed by atoms with van der Waals surface area (Å²) >= 11 is 5.91. The molecule has 0 aromatic heterocycles. The van der Waals surface area contributed by atoms with Crippen molar-refractivity contribution in [2.24, 2.45) is 5.92 Å². The molecule has 0 aliphatic rings. The van der Waals surface area contributed by atoms with Gasteiger partial charge in [0.1, 0.15) is 0 Å². The number of carbonyl (C=O) groups is 1. The number of benzene rings is 1. The Balaban J connectivity index is 2.91. The smallest absolute Gasteiger partial charge is 0.306 e. The maximum absolute atomic E-state index is 10.6. The molecule has 0 aliphatic heterocycles. The number of anilines is 1. The van der Waals surface area contributed by atoms with Gasteiger partial charge in [0.25, 0.3) is 0 Å². The Labute approximate surface area is 87.5 Å². The van der Waals surface area contributed by atoms with Crippen molar-refractivity contribution in [2.75, 3.05) is 5.73 Å². The van der Waals surface area contributed by atoms with E-state index in [1.807, 2.05) is 0 Å². The Morgan fingerprint density at radius 1 is 1.64 bits per heavy atom. The molecule has 0 saturated carbocycles. The summed E-state index contributed by atoms with van der Waals surface area (Å²) in [5.41, 5.74) is 6.95. The van der Waals surface area contributed by atoms with Crippen molar-refractivity contribution in [2.45, 2.75) is 13.3 Å². The van der Waals surface area contributed by atoms with Gasteiger partial charge in [-0.1, -0.05) is 24.6 Å². The molecular formula is C10H12ClNO2. The number of hydrogen-bond acceptors (Lipinski definition) is 2. The summed E-state index contributed by atoms with van der Waals surface area (Å²) in [4.78, 5) is 10.6. The molecule has 3 N–H and O–H groups in total. The van der Waals surface area contributed by atoms with E-state index in [2.05, 4.69) is 0 Å². The van der Waals surface area contributed by atoms with Crippen molar-refractivity contribution in [3.8, 4) is 0 Å². The van der Waals surface area contributed by atoms with Gasteiger partial charge in [0.05, 0.1) is 5.92 Å². The Morgan fingerprint density at radius 3 is 2.79 bits per heavy atom. The van der Waals surface area contributed by atoms with Gasteiger partial charge in [-0.3, -0.25) is 4.79 Å². The van der Waals surface area contributed by atoms with E-state index in [9.17, 15) is 4.79 Å². The second-order valence-electron chi connectivity index (χ2n) is 3.25. The molecule has 0 fully saturated rings. The Kier molecular flexibility index (Phi) is 3.36. The lowest BCUT2D eigenvalue weighted by molar-refractivity contribution is -0.141. The normalized spacial score (nSPS) is 12.4. The minimum atomic E-state index is -0.843. The molecule has 0 saturated heterocycles. The van der Waals surface area contributed by atoms with Gasteiger partial charge < -0.3 is 10.8 Å². The highest BCUT2D eigenvalue weighted by atomic mass is 35.5.